The zero-order valence-electron chi connectivity index (χ0n) is 11.8. The summed E-state index contributed by atoms with van der Waals surface area (Å²) in [4.78, 5) is 32.3. The minimum atomic E-state index is -2.66. The summed E-state index contributed by atoms with van der Waals surface area (Å²) in [7, 11) is 0. The van der Waals surface area contributed by atoms with Crippen LogP contribution >= 0.6 is 0 Å². The molecule has 126 valence electrons. The van der Waals surface area contributed by atoms with E-state index in [1.165, 1.54) is 18.2 Å². The first-order chi connectivity index (χ1) is 10.2. The van der Waals surface area contributed by atoms with Crippen LogP contribution in [-0.2, 0) is 19.1 Å². The Labute approximate surface area is 126 Å². The molecular formula is C13H20O9. The van der Waals surface area contributed by atoms with Crippen LogP contribution in [0.25, 0.3) is 0 Å². The van der Waals surface area contributed by atoms with Gasteiger partial charge in [-0.3, -0.25) is 9.59 Å². The number of esters is 1. The molecule has 0 aliphatic rings. The fourth-order valence-electron chi connectivity index (χ4n) is 1.05. The molecule has 0 heterocycles. The first kappa shape index (κ1) is 22.1. The van der Waals surface area contributed by atoms with Crippen LogP contribution in [-0.4, -0.2) is 68.9 Å². The van der Waals surface area contributed by atoms with Crippen LogP contribution in [0.5, 0.6) is 0 Å². The maximum absolute atomic E-state index is 11.2. The van der Waals surface area contributed by atoms with Crippen molar-refractivity contribution >= 4 is 17.9 Å². The average molecular weight is 320 g/mol. The van der Waals surface area contributed by atoms with E-state index in [0.29, 0.717) is 0 Å². The van der Waals surface area contributed by atoms with Crippen molar-refractivity contribution in [2.24, 2.45) is 0 Å². The number of hydrogen-bond donors (Lipinski definition) is 5. The normalized spacial score (nSPS) is 12.7. The molecule has 0 aromatic rings. The van der Waals surface area contributed by atoms with Crippen molar-refractivity contribution in [3.8, 4) is 0 Å². The fourth-order valence-corrected chi connectivity index (χ4v) is 1.05. The van der Waals surface area contributed by atoms with Crippen LogP contribution in [0.15, 0.2) is 24.8 Å². The van der Waals surface area contributed by atoms with Crippen molar-refractivity contribution in [1.82, 2.24) is 0 Å². The highest BCUT2D eigenvalue weighted by Gasteiger charge is 2.41. The highest BCUT2D eigenvalue weighted by Crippen LogP contribution is 2.16. The zero-order valence-corrected chi connectivity index (χ0v) is 11.8. The Hall–Kier alpha value is -2.23. The molecule has 1 unspecified atom stereocenters. The maximum atomic E-state index is 11.2. The lowest BCUT2D eigenvalue weighted by atomic mass is 9.96. The van der Waals surface area contributed by atoms with Gasteiger partial charge >= 0.3 is 17.9 Å². The Kier molecular flexibility index (Phi) is 12.5. The van der Waals surface area contributed by atoms with E-state index in [2.05, 4.69) is 11.3 Å². The maximum Gasteiger partial charge on any atom is 0.336 e. The predicted octanol–water partition coefficient (Wildman–Crippen LogP) is -1.08. The van der Waals surface area contributed by atoms with E-state index in [-0.39, 0.29) is 19.8 Å². The van der Waals surface area contributed by atoms with Gasteiger partial charge < -0.3 is 30.3 Å². The third-order valence-electron chi connectivity index (χ3n) is 1.99. The van der Waals surface area contributed by atoms with Crippen molar-refractivity contribution in [2.75, 3.05) is 19.8 Å². The summed E-state index contributed by atoms with van der Waals surface area (Å²) >= 11 is 0. The number of ether oxygens (including phenoxy) is 1. The van der Waals surface area contributed by atoms with E-state index in [1.54, 1.807) is 0 Å². The summed E-state index contributed by atoms with van der Waals surface area (Å²) in [6.07, 6.45) is 2.39. The summed E-state index contributed by atoms with van der Waals surface area (Å²) in [5, 5.41) is 41.9. The van der Waals surface area contributed by atoms with Gasteiger partial charge in [0.2, 0.25) is 0 Å². The molecule has 0 radical (unpaired) electrons. The summed E-state index contributed by atoms with van der Waals surface area (Å²) in [6, 6.07) is 0. The van der Waals surface area contributed by atoms with E-state index in [9.17, 15) is 19.5 Å². The fraction of sp³-hybridized carbons (Fsp3) is 0.462. The third-order valence-corrected chi connectivity index (χ3v) is 1.99. The number of carboxylic acid groups (broad SMARTS) is 2. The lowest BCUT2D eigenvalue weighted by Gasteiger charge is -2.19. The Morgan fingerprint density at radius 3 is 2.00 bits per heavy atom. The van der Waals surface area contributed by atoms with Crippen molar-refractivity contribution < 1.29 is 44.7 Å². The Balaban J connectivity index is 0. The number of rotatable bonds is 9. The first-order valence-electron chi connectivity index (χ1n) is 6.06. The molecule has 0 rings (SSSR count). The van der Waals surface area contributed by atoms with Crippen LogP contribution in [0.2, 0.25) is 0 Å². The molecule has 0 fully saturated rings. The molecule has 1 atom stereocenters. The summed E-state index contributed by atoms with van der Waals surface area (Å²) < 4.78 is 4.58. The average Bonchev–Trinajstić information content (AvgIpc) is 2.42. The highest BCUT2D eigenvalue weighted by molar-refractivity contribution is 5.88. The molecule has 0 aromatic heterocycles. The molecule has 9 nitrogen and oxygen atoms in total. The number of carbonyl (C=O) groups excluding carboxylic acids is 1. The predicted molar refractivity (Wildman–Crippen MR) is 73.9 cm³/mol. The van der Waals surface area contributed by atoms with Gasteiger partial charge in [0.1, 0.15) is 6.61 Å². The lowest BCUT2D eigenvalue weighted by Crippen LogP contribution is -2.43. The van der Waals surface area contributed by atoms with Gasteiger partial charge in [-0.05, 0) is 6.08 Å². The van der Waals surface area contributed by atoms with E-state index in [4.69, 9.17) is 20.4 Å². The van der Waals surface area contributed by atoms with E-state index in [0.717, 1.165) is 0 Å². The van der Waals surface area contributed by atoms with Gasteiger partial charge in [0.25, 0.3) is 0 Å². The Morgan fingerprint density at radius 2 is 1.64 bits per heavy atom. The van der Waals surface area contributed by atoms with E-state index < -0.39 is 36.4 Å². The number of aliphatic hydroxyl groups excluding tert-OH is 2. The first-order valence-corrected chi connectivity index (χ1v) is 6.06. The van der Waals surface area contributed by atoms with Gasteiger partial charge in [-0.1, -0.05) is 18.7 Å². The number of hydrogen-bond acceptors (Lipinski definition) is 7. The topological polar surface area (TPSA) is 162 Å². The Morgan fingerprint density at radius 1 is 1.09 bits per heavy atom. The van der Waals surface area contributed by atoms with Crippen LogP contribution in [0.4, 0.5) is 0 Å². The Bertz CT molecular complexity index is 400. The monoisotopic (exact) mass is 320 g/mol. The molecule has 9 heteroatoms. The smallest absolute Gasteiger partial charge is 0.336 e. The number of carboxylic acids is 2. The van der Waals surface area contributed by atoms with Gasteiger partial charge in [-0.15, -0.1) is 0 Å². The van der Waals surface area contributed by atoms with Crippen LogP contribution < -0.4 is 0 Å². The second kappa shape index (κ2) is 12.5. The SMILES string of the molecule is C=CC=CCOC(=O)CC(O)(CC(=O)O)C(=O)O.OCCO. The molecule has 22 heavy (non-hydrogen) atoms. The van der Waals surface area contributed by atoms with Gasteiger partial charge in [0.15, 0.2) is 5.60 Å². The molecule has 0 saturated carbocycles. The van der Waals surface area contributed by atoms with Crippen molar-refractivity contribution in [3.63, 3.8) is 0 Å². The summed E-state index contributed by atoms with van der Waals surface area (Å²) in [6.45, 7) is 3.01. The van der Waals surface area contributed by atoms with Gasteiger partial charge in [-0.25, -0.2) is 4.79 Å². The summed E-state index contributed by atoms with van der Waals surface area (Å²) in [5.74, 6) is -4.32. The van der Waals surface area contributed by atoms with Crippen molar-refractivity contribution in [2.45, 2.75) is 18.4 Å². The molecular weight excluding hydrogens is 300 g/mol. The van der Waals surface area contributed by atoms with Crippen LogP contribution in [0, 0.1) is 0 Å². The summed E-state index contributed by atoms with van der Waals surface area (Å²) in [5.41, 5.74) is -2.66. The van der Waals surface area contributed by atoms with Gasteiger partial charge in [0, 0.05) is 0 Å². The highest BCUT2D eigenvalue weighted by atomic mass is 16.5. The minimum absolute atomic E-state index is 0.117. The molecule has 0 bridgehead atoms. The number of carbonyl (C=O) groups is 3. The second-order valence-corrected chi connectivity index (χ2v) is 3.88. The second-order valence-electron chi connectivity index (χ2n) is 3.88. The van der Waals surface area contributed by atoms with Crippen molar-refractivity contribution in [1.29, 1.82) is 0 Å². The van der Waals surface area contributed by atoms with Gasteiger partial charge in [-0.2, -0.15) is 0 Å². The minimum Gasteiger partial charge on any atom is -0.481 e. The van der Waals surface area contributed by atoms with Crippen LogP contribution in [0.3, 0.4) is 0 Å². The number of allylic oxidation sites excluding steroid dienone is 2. The third kappa shape index (κ3) is 11.6. The zero-order chi connectivity index (χ0) is 17.6. The number of aliphatic carboxylic acids is 2. The quantitative estimate of drug-likeness (QED) is 0.263. The molecule has 0 saturated heterocycles. The van der Waals surface area contributed by atoms with Crippen molar-refractivity contribution in [3.05, 3.63) is 24.8 Å². The lowest BCUT2D eigenvalue weighted by molar-refractivity contribution is -0.171. The largest absolute Gasteiger partial charge is 0.481 e. The molecule has 0 amide bonds. The molecule has 0 spiro atoms. The van der Waals surface area contributed by atoms with Crippen LogP contribution in [0.1, 0.15) is 12.8 Å². The van der Waals surface area contributed by atoms with Gasteiger partial charge in [0.05, 0.1) is 26.1 Å². The molecule has 0 aliphatic carbocycles. The van der Waals surface area contributed by atoms with E-state index >= 15 is 0 Å². The number of aliphatic hydroxyl groups is 3. The van der Waals surface area contributed by atoms with E-state index in [1.807, 2.05) is 0 Å². The molecule has 5 N–H and O–H groups in total. The molecule has 0 aliphatic heterocycles. The standard InChI is InChI=1S/C11H14O7.C2H6O2/c1-2-3-4-5-18-9(14)7-11(17,10(15)16)6-8(12)13;3-1-2-4/h2-4,17H,1,5-7H2,(H,12,13)(H,15,16);3-4H,1-2H2. The molecule has 0 aromatic carbocycles.